The van der Waals surface area contributed by atoms with Crippen molar-refractivity contribution in [1.29, 1.82) is 0 Å². The minimum atomic E-state index is -0.0996. The number of likely N-dealkylation sites (N-methyl/N-ethyl adjacent to an activating group) is 1. The van der Waals surface area contributed by atoms with Crippen LogP contribution in [0.15, 0.2) is 27.6 Å². The molecule has 0 aliphatic heterocycles. The van der Waals surface area contributed by atoms with Crippen LogP contribution in [0.4, 0.5) is 0 Å². The molecular weight excluding hydrogens is 220 g/mol. The van der Waals surface area contributed by atoms with Crippen molar-refractivity contribution in [2.45, 2.75) is 6.42 Å². The van der Waals surface area contributed by atoms with Crippen molar-refractivity contribution in [3.05, 3.63) is 34.5 Å². The van der Waals surface area contributed by atoms with E-state index in [1.165, 1.54) is 10.6 Å². The summed E-state index contributed by atoms with van der Waals surface area (Å²) in [5, 5.41) is 6.85. The molecule has 0 aliphatic rings. The standard InChI is InChI=1S/C11H14N4O2/c1-12-5-3-9-13-11(17-14-9)8-4-6-15(2)10(16)7-8/h4,6-7,12H,3,5H2,1-2H3. The predicted molar refractivity (Wildman–Crippen MR) is 62.6 cm³/mol. The lowest BCUT2D eigenvalue weighted by molar-refractivity contribution is 0.422. The maximum absolute atomic E-state index is 11.5. The average molecular weight is 234 g/mol. The van der Waals surface area contributed by atoms with E-state index in [1.54, 1.807) is 19.3 Å². The Bertz CT molecular complexity index is 559. The van der Waals surface area contributed by atoms with Crippen LogP contribution in [0.1, 0.15) is 5.82 Å². The molecule has 2 rings (SSSR count). The first-order valence-electron chi connectivity index (χ1n) is 5.35. The Morgan fingerprint density at radius 3 is 3.06 bits per heavy atom. The molecule has 2 aromatic heterocycles. The molecule has 2 heterocycles. The molecule has 0 aliphatic carbocycles. The summed E-state index contributed by atoms with van der Waals surface area (Å²) in [6, 6.07) is 3.26. The molecule has 0 amide bonds. The zero-order valence-electron chi connectivity index (χ0n) is 9.80. The molecule has 0 saturated carbocycles. The smallest absolute Gasteiger partial charge is 0.258 e. The highest BCUT2D eigenvalue weighted by atomic mass is 16.5. The fourth-order valence-electron chi connectivity index (χ4n) is 1.39. The van der Waals surface area contributed by atoms with Crippen molar-refractivity contribution in [2.75, 3.05) is 13.6 Å². The first-order chi connectivity index (χ1) is 8.20. The maximum Gasteiger partial charge on any atom is 0.258 e. The highest BCUT2D eigenvalue weighted by molar-refractivity contribution is 5.51. The van der Waals surface area contributed by atoms with Gasteiger partial charge in [0.25, 0.3) is 11.4 Å². The Morgan fingerprint density at radius 2 is 2.35 bits per heavy atom. The van der Waals surface area contributed by atoms with Crippen molar-refractivity contribution in [3.8, 4) is 11.5 Å². The van der Waals surface area contributed by atoms with Gasteiger partial charge in [0.15, 0.2) is 5.82 Å². The van der Waals surface area contributed by atoms with Crippen molar-refractivity contribution >= 4 is 0 Å². The van der Waals surface area contributed by atoms with E-state index < -0.39 is 0 Å². The van der Waals surface area contributed by atoms with Crippen LogP contribution in [0.2, 0.25) is 0 Å². The third kappa shape index (κ3) is 2.59. The molecule has 0 atom stereocenters. The second kappa shape index (κ2) is 4.92. The van der Waals surface area contributed by atoms with Crippen LogP contribution >= 0.6 is 0 Å². The van der Waals surface area contributed by atoms with Crippen LogP contribution in [0, 0.1) is 0 Å². The van der Waals surface area contributed by atoms with Gasteiger partial charge in [-0.1, -0.05) is 5.16 Å². The molecule has 6 heteroatoms. The predicted octanol–water partition coefficient (Wildman–Crippen LogP) is 0.197. The highest BCUT2D eigenvalue weighted by Gasteiger charge is 2.09. The zero-order valence-corrected chi connectivity index (χ0v) is 9.80. The number of nitrogens with one attached hydrogen (secondary N) is 1. The lowest BCUT2D eigenvalue weighted by atomic mass is 10.2. The van der Waals surface area contributed by atoms with E-state index in [4.69, 9.17) is 4.52 Å². The summed E-state index contributed by atoms with van der Waals surface area (Å²) >= 11 is 0. The number of aromatic nitrogens is 3. The summed E-state index contributed by atoms with van der Waals surface area (Å²) in [5.74, 6) is 1.02. The second-order valence-electron chi connectivity index (χ2n) is 3.73. The normalized spacial score (nSPS) is 10.7. The summed E-state index contributed by atoms with van der Waals surface area (Å²) < 4.78 is 6.59. The molecule has 0 spiro atoms. The number of hydrogen-bond acceptors (Lipinski definition) is 5. The Morgan fingerprint density at radius 1 is 1.53 bits per heavy atom. The fourth-order valence-corrected chi connectivity index (χ4v) is 1.39. The Kier molecular flexibility index (Phi) is 3.34. The molecule has 2 aromatic rings. The van der Waals surface area contributed by atoms with Crippen molar-refractivity contribution in [1.82, 2.24) is 20.0 Å². The molecular formula is C11H14N4O2. The number of pyridine rings is 1. The number of nitrogens with zero attached hydrogens (tertiary/aromatic N) is 3. The average Bonchev–Trinajstić information content (AvgIpc) is 2.79. The van der Waals surface area contributed by atoms with Crippen LogP contribution in [0.25, 0.3) is 11.5 Å². The molecule has 0 aromatic carbocycles. The molecule has 1 N–H and O–H groups in total. The van der Waals surface area contributed by atoms with Crippen molar-refractivity contribution in [2.24, 2.45) is 7.05 Å². The third-order valence-electron chi connectivity index (χ3n) is 2.42. The van der Waals surface area contributed by atoms with Gasteiger partial charge in [0, 0.05) is 37.8 Å². The summed E-state index contributed by atoms with van der Waals surface area (Å²) in [4.78, 5) is 15.7. The molecule has 17 heavy (non-hydrogen) atoms. The van der Waals surface area contributed by atoms with E-state index >= 15 is 0 Å². The quantitative estimate of drug-likeness (QED) is 0.818. The van der Waals surface area contributed by atoms with Crippen LogP contribution in [0.3, 0.4) is 0 Å². The van der Waals surface area contributed by atoms with E-state index in [0.29, 0.717) is 23.7 Å². The topological polar surface area (TPSA) is 73.0 Å². The first kappa shape index (κ1) is 11.5. The lowest BCUT2D eigenvalue weighted by Crippen LogP contribution is -2.14. The van der Waals surface area contributed by atoms with Gasteiger partial charge in [-0.15, -0.1) is 0 Å². The molecule has 0 radical (unpaired) electrons. The van der Waals surface area contributed by atoms with Gasteiger partial charge in [0.2, 0.25) is 0 Å². The van der Waals surface area contributed by atoms with Gasteiger partial charge in [-0.25, -0.2) is 0 Å². The van der Waals surface area contributed by atoms with E-state index in [1.807, 2.05) is 7.05 Å². The molecule has 0 unspecified atom stereocenters. The van der Waals surface area contributed by atoms with Gasteiger partial charge >= 0.3 is 0 Å². The third-order valence-corrected chi connectivity index (χ3v) is 2.42. The number of rotatable bonds is 4. The van der Waals surface area contributed by atoms with Crippen LogP contribution < -0.4 is 10.9 Å². The van der Waals surface area contributed by atoms with Gasteiger partial charge in [0.1, 0.15) is 0 Å². The Hall–Kier alpha value is -1.95. The fraction of sp³-hybridized carbons (Fsp3) is 0.364. The van der Waals surface area contributed by atoms with E-state index in [9.17, 15) is 4.79 Å². The van der Waals surface area contributed by atoms with Crippen molar-refractivity contribution in [3.63, 3.8) is 0 Å². The van der Waals surface area contributed by atoms with Gasteiger partial charge in [-0.3, -0.25) is 4.79 Å². The summed E-state index contributed by atoms with van der Waals surface area (Å²) in [6.45, 7) is 0.787. The molecule has 0 bridgehead atoms. The minimum absolute atomic E-state index is 0.0996. The maximum atomic E-state index is 11.5. The molecule has 6 nitrogen and oxygen atoms in total. The van der Waals surface area contributed by atoms with Crippen LogP contribution in [0.5, 0.6) is 0 Å². The highest BCUT2D eigenvalue weighted by Crippen LogP contribution is 2.14. The van der Waals surface area contributed by atoms with Crippen LogP contribution in [-0.2, 0) is 13.5 Å². The van der Waals surface area contributed by atoms with Crippen molar-refractivity contribution < 1.29 is 4.52 Å². The zero-order chi connectivity index (χ0) is 12.3. The SMILES string of the molecule is CNCCc1noc(-c2ccn(C)c(=O)c2)n1. The first-order valence-corrected chi connectivity index (χ1v) is 5.35. The van der Waals surface area contributed by atoms with E-state index in [-0.39, 0.29) is 5.56 Å². The summed E-state index contributed by atoms with van der Waals surface area (Å²) in [7, 11) is 3.56. The summed E-state index contributed by atoms with van der Waals surface area (Å²) in [5.41, 5.74) is 0.550. The molecule has 90 valence electrons. The number of aryl methyl sites for hydroxylation is 1. The van der Waals surface area contributed by atoms with E-state index in [0.717, 1.165) is 6.54 Å². The second-order valence-corrected chi connectivity index (χ2v) is 3.73. The molecule has 0 saturated heterocycles. The van der Waals surface area contributed by atoms with Gasteiger partial charge in [0.05, 0.1) is 0 Å². The van der Waals surface area contributed by atoms with E-state index in [2.05, 4.69) is 15.5 Å². The Balaban J connectivity index is 2.24. The summed E-state index contributed by atoms with van der Waals surface area (Å²) in [6.07, 6.45) is 2.37. The van der Waals surface area contributed by atoms with Gasteiger partial charge < -0.3 is 14.4 Å². The Labute approximate surface area is 98.3 Å². The largest absolute Gasteiger partial charge is 0.334 e. The molecule has 0 fully saturated rings. The number of hydrogen-bond donors (Lipinski definition) is 1. The monoisotopic (exact) mass is 234 g/mol. The lowest BCUT2D eigenvalue weighted by Gasteiger charge is -1.96. The minimum Gasteiger partial charge on any atom is -0.334 e. The van der Waals surface area contributed by atoms with Gasteiger partial charge in [-0.05, 0) is 13.1 Å². The van der Waals surface area contributed by atoms with Crippen LogP contribution in [-0.4, -0.2) is 28.3 Å². The van der Waals surface area contributed by atoms with Gasteiger partial charge in [-0.2, -0.15) is 4.98 Å².